The van der Waals surface area contributed by atoms with Crippen molar-refractivity contribution >= 4 is 31.4 Å². The van der Waals surface area contributed by atoms with E-state index >= 15 is 0 Å². The Balaban J connectivity index is 2.28. The van der Waals surface area contributed by atoms with E-state index < -0.39 is 20.0 Å². The summed E-state index contributed by atoms with van der Waals surface area (Å²) in [5.41, 5.74) is 2.02. The van der Waals surface area contributed by atoms with Crippen LogP contribution in [0, 0.1) is 5.92 Å². The molecule has 0 atom stereocenters. The molecule has 0 amide bonds. The standard InChI is InChI=1S/C16H26N2O4S2/c1-4-10-24(21,22)18-9-5-6-14-11-15(7-8-16(14)18)17-23(19,20)12-13(2)3/h7-8,11,13,17H,4-6,9-10,12H2,1-3H3. The van der Waals surface area contributed by atoms with Gasteiger partial charge in [-0.2, -0.15) is 0 Å². The van der Waals surface area contributed by atoms with E-state index in [-0.39, 0.29) is 17.4 Å². The molecule has 0 saturated heterocycles. The molecule has 1 N–H and O–H groups in total. The van der Waals surface area contributed by atoms with E-state index in [9.17, 15) is 16.8 Å². The molecule has 1 aromatic carbocycles. The van der Waals surface area contributed by atoms with Gasteiger partial charge in [-0.05, 0) is 48.9 Å². The van der Waals surface area contributed by atoms with E-state index in [0.717, 1.165) is 18.4 Å². The Morgan fingerprint density at radius 3 is 2.54 bits per heavy atom. The number of aryl methyl sites for hydroxylation is 1. The number of benzene rings is 1. The van der Waals surface area contributed by atoms with E-state index in [0.29, 0.717) is 24.3 Å². The first-order valence-corrected chi connectivity index (χ1v) is 11.5. The Morgan fingerprint density at radius 1 is 1.21 bits per heavy atom. The van der Waals surface area contributed by atoms with Gasteiger partial charge in [0.15, 0.2) is 0 Å². The Bertz CT molecular complexity index is 786. The molecule has 0 unspecified atom stereocenters. The fourth-order valence-electron chi connectivity index (χ4n) is 2.94. The molecule has 0 saturated carbocycles. The number of rotatable bonds is 7. The lowest BCUT2D eigenvalue weighted by atomic mass is 10.0. The van der Waals surface area contributed by atoms with Gasteiger partial charge in [0.1, 0.15) is 0 Å². The molecule has 1 aliphatic heterocycles. The van der Waals surface area contributed by atoms with Crippen LogP contribution >= 0.6 is 0 Å². The lowest BCUT2D eigenvalue weighted by Crippen LogP contribution is -2.37. The van der Waals surface area contributed by atoms with Gasteiger partial charge in [-0.3, -0.25) is 9.03 Å². The monoisotopic (exact) mass is 374 g/mol. The molecule has 0 radical (unpaired) electrons. The van der Waals surface area contributed by atoms with E-state index in [1.165, 1.54) is 4.31 Å². The molecule has 2 rings (SSSR count). The zero-order valence-electron chi connectivity index (χ0n) is 14.4. The summed E-state index contributed by atoms with van der Waals surface area (Å²) in [5, 5.41) is 0. The van der Waals surface area contributed by atoms with Gasteiger partial charge in [0.25, 0.3) is 0 Å². The minimum Gasteiger partial charge on any atom is -0.284 e. The van der Waals surface area contributed by atoms with Crippen molar-refractivity contribution in [3.05, 3.63) is 23.8 Å². The molecule has 0 spiro atoms. The molecule has 0 aromatic heterocycles. The van der Waals surface area contributed by atoms with Crippen LogP contribution in [-0.4, -0.2) is 34.9 Å². The van der Waals surface area contributed by atoms with Crippen LogP contribution in [0.5, 0.6) is 0 Å². The summed E-state index contributed by atoms with van der Waals surface area (Å²) in [6, 6.07) is 5.09. The quantitative estimate of drug-likeness (QED) is 0.795. The summed E-state index contributed by atoms with van der Waals surface area (Å²) in [7, 11) is -6.71. The van der Waals surface area contributed by atoms with Crippen LogP contribution in [0.2, 0.25) is 0 Å². The summed E-state index contributed by atoms with van der Waals surface area (Å²) in [6.45, 7) is 6.02. The van der Waals surface area contributed by atoms with Crippen molar-refractivity contribution in [2.24, 2.45) is 5.92 Å². The van der Waals surface area contributed by atoms with Gasteiger partial charge in [0.05, 0.1) is 17.2 Å². The number of hydrogen-bond donors (Lipinski definition) is 1. The summed E-state index contributed by atoms with van der Waals surface area (Å²) >= 11 is 0. The van der Waals surface area contributed by atoms with Crippen LogP contribution < -0.4 is 9.03 Å². The predicted octanol–water partition coefficient (Wildman–Crippen LogP) is 2.58. The van der Waals surface area contributed by atoms with Gasteiger partial charge in [0.2, 0.25) is 20.0 Å². The zero-order valence-corrected chi connectivity index (χ0v) is 16.1. The molecule has 0 bridgehead atoms. The maximum absolute atomic E-state index is 12.4. The first kappa shape index (κ1) is 19.1. The maximum atomic E-state index is 12.4. The van der Waals surface area contributed by atoms with Gasteiger partial charge in [-0.1, -0.05) is 20.8 Å². The molecule has 0 fully saturated rings. The molecule has 8 heteroatoms. The molecule has 1 aromatic rings. The summed E-state index contributed by atoms with van der Waals surface area (Å²) in [6.07, 6.45) is 2.05. The molecule has 6 nitrogen and oxygen atoms in total. The number of hydrogen-bond acceptors (Lipinski definition) is 4. The predicted molar refractivity (Wildman–Crippen MR) is 98.4 cm³/mol. The maximum Gasteiger partial charge on any atom is 0.235 e. The molecule has 1 aliphatic rings. The highest BCUT2D eigenvalue weighted by atomic mass is 32.2. The molecule has 24 heavy (non-hydrogen) atoms. The van der Waals surface area contributed by atoms with E-state index in [1.807, 2.05) is 20.8 Å². The van der Waals surface area contributed by atoms with Crippen molar-refractivity contribution in [2.75, 3.05) is 27.1 Å². The van der Waals surface area contributed by atoms with Crippen molar-refractivity contribution in [3.63, 3.8) is 0 Å². The van der Waals surface area contributed by atoms with Crippen LogP contribution in [0.4, 0.5) is 11.4 Å². The largest absolute Gasteiger partial charge is 0.284 e. The second kappa shape index (κ2) is 7.31. The van der Waals surface area contributed by atoms with Crippen molar-refractivity contribution in [3.8, 4) is 0 Å². The Hall–Kier alpha value is -1.28. The number of nitrogens with one attached hydrogen (secondary N) is 1. The van der Waals surface area contributed by atoms with Crippen LogP contribution in [0.1, 0.15) is 39.2 Å². The fourth-order valence-corrected chi connectivity index (χ4v) is 6.01. The molecule has 136 valence electrons. The van der Waals surface area contributed by atoms with Crippen LogP contribution in [0.15, 0.2) is 18.2 Å². The lowest BCUT2D eigenvalue weighted by molar-refractivity contribution is 0.584. The fraction of sp³-hybridized carbons (Fsp3) is 0.625. The van der Waals surface area contributed by atoms with Gasteiger partial charge >= 0.3 is 0 Å². The first-order valence-electron chi connectivity index (χ1n) is 8.28. The highest BCUT2D eigenvalue weighted by molar-refractivity contribution is 7.93. The molecular weight excluding hydrogens is 348 g/mol. The average Bonchev–Trinajstić information content (AvgIpc) is 2.44. The smallest absolute Gasteiger partial charge is 0.235 e. The van der Waals surface area contributed by atoms with E-state index in [2.05, 4.69) is 4.72 Å². The second-order valence-electron chi connectivity index (χ2n) is 6.61. The number of anilines is 2. The van der Waals surface area contributed by atoms with E-state index in [4.69, 9.17) is 0 Å². The SMILES string of the molecule is CCCS(=O)(=O)N1CCCc2cc(NS(=O)(=O)CC(C)C)ccc21. The average molecular weight is 375 g/mol. The third-order valence-corrected chi connectivity index (χ3v) is 7.41. The lowest BCUT2D eigenvalue weighted by Gasteiger charge is -2.30. The first-order chi connectivity index (χ1) is 11.1. The Labute approximate surface area is 145 Å². The van der Waals surface area contributed by atoms with Crippen LogP contribution in [0.3, 0.4) is 0 Å². The van der Waals surface area contributed by atoms with Crippen LogP contribution in [-0.2, 0) is 26.5 Å². The third kappa shape index (κ3) is 4.63. The molecule has 0 aliphatic carbocycles. The summed E-state index contributed by atoms with van der Waals surface area (Å²) < 4.78 is 53.0. The second-order valence-corrected chi connectivity index (χ2v) is 10.4. The Kier molecular flexibility index (Phi) is 5.80. The minimum atomic E-state index is -3.39. The van der Waals surface area contributed by atoms with Gasteiger partial charge in [-0.25, -0.2) is 16.8 Å². The normalized spacial score (nSPS) is 15.4. The van der Waals surface area contributed by atoms with Crippen molar-refractivity contribution in [1.29, 1.82) is 0 Å². The van der Waals surface area contributed by atoms with Gasteiger partial charge in [0, 0.05) is 12.2 Å². The van der Waals surface area contributed by atoms with Gasteiger partial charge < -0.3 is 0 Å². The minimum absolute atomic E-state index is 0.0369. The third-order valence-electron chi connectivity index (χ3n) is 3.78. The molecule has 1 heterocycles. The van der Waals surface area contributed by atoms with E-state index in [1.54, 1.807) is 18.2 Å². The summed E-state index contributed by atoms with van der Waals surface area (Å²) in [4.78, 5) is 0. The highest BCUT2D eigenvalue weighted by Crippen LogP contribution is 2.32. The van der Waals surface area contributed by atoms with Crippen molar-refractivity contribution in [2.45, 2.75) is 40.0 Å². The number of fused-ring (bicyclic) bond motifs is 1. The van der Waals surface area contributed by atoms with Crippen molar-refractivity contribution in [1.82, 2.24) is 0 Å². The number of sulfonamides is 2. The molecular formula is C16H26N2O4S2. The zero-order chi connectivity index (χ0) is 18.0. The van der Waals surface area contributed by atoms with Crippen LogP contribution in [0.25, 0.3) is 0 Å². The topological polar surface area (TPSA) is 83.6 Å². The Morgan fingerprint density at radius 2 is 1.92 bits per heavy atom. The van der Waals surface area contributed by atoms with Gasteiger partial charge in [-0.15, -0.1) is 0 Å². The highest BCUT2D eigenvalue weighted by Gasteiger charge is 2.27. The summed E-state index contributed by atoms with van der Waals surface area (Å²) in [5.74, 6) is 0.214. The number of nitrogens with zero attached hydrogens (tertiary/aromatic N) is 1. The van der Waals surface area contributed by atoms with Crippen molar-refractivity contribution < 1.29 is 16.8 Å².